The van der Waals surface area contributed by atoms with Crippen molar-refractivity contribution in [3.05, 3.63) is 0 Å². The van der Waals surface area contributed by atoms with Gasteiger partial charge in [0.25, 0.3) is 0 Å². The normalized spacial score (nSPS) is 49.1. The van der Waals surface area contributed by atoms with Gasteiger partial charge in [0.2, 0.25) is 0 Å². The van der Waals surface area contributed by atoms with E-state index in [0.717, 1.165) is 0 Å². The Labute approximate surface area is 316 Å². The topological polar surface area (TPSA) is 198 Å². The van der Waals surface area contributed by atoms with Crippen molar-refractivity contribution in [3.63, 3.8) is 0 Å². The molecule has 18 atom stereocenters. The Morgan fingerprint density at radius 2 is 1.49 bits per heavy atom. The van der Waals surface area contributed by atoms with Crippen LogP contribution in [0.25, 0.3) is 0 Å². The molecule has 0 spiro atoms. The third kappa shape index (κ3) is 9.73. The summed E-state index contributed by atoms with van der Waals surface area (Å²) in [6.07, 6.45) is -8.53. The second-order valence-corrected chi connectivity index (χ2v) is 16.8. The van der Waals surface area contributed by atoms with Gasteiger partial charge in [-0.1, -0.05) is 32.9 Å². The lowest BCUT2D eigenvalue weighted by molar-refractivity contribution is -0.319. The molecule has 3 rings (SSSR count). The van der Waals surface area contributed by atoms with Gasteiger partial charge in [0.15, 0.2) is 12.6 Å². The zero-order valence-corrected chi connectivity index (χ0v) is 34.4. The van der Waals surface area contributed by atoms with Crippen molar-refractivity contribution in [1.82, 2.24) is 4.90 Å². The van der Waals surface area contributed by atoms with E-state index in [9.17, 15) is 30.4 Å². The molecule has 0 aliphatic carbocycles. The number of esters is 1. The number of likely N-dealkylation sites (N-methyl/N-ethyl adjacent to an activating group) is 1. The molecule has 15 nitrogen and oxygen atoms in total. The maximum absolute atomic E-state index is 14.2. The van der Waals surface area contributed by atoms with Crippen LogP contribution in [0.15, 0.2) is 5.16 Å². The van der Waals surface area contributed by atoms with Crippen LogP contribution in [0.1, 0.15) is 94.9 Å². The van der Waals surface area contributed by atoms with Crippen LogP contribution in [0, 0.1) is 23.7 Å². The zero-order valence-electron chi connectivity index (χ0n) is 34.4. The predicted molar refractivity (Wildman–Crippen MR) is 195 cm³/mol. The summed E-state index contributed by atoms with van der Waals surface area (Å²) in [5.41, 5.74) is -3.99. The summed E-state index contributed by atoms with van der Waals surface area (Å²) < 4.78 is 44.1. The highest BCUT2D eigenvalue weighted by Crippen LogP contribution is 2.42. The van der Waals surface area contributed by atoms with Crippen molar-refractivity contribution in [2.75, 3.05) is 28.3 Å². The van der Waals surface area contributed by atoms with E-state index >= 15 is 0 Å². The summed E-state index contributed by atoms with van der Waals surface area (Å²) in [7, 11) is 6.80. The lowest BCUT2D eigenvalue weighted by Gasteiger charge is -2.50. The molecule has 0 aromatic heterocycles. The van der Waals surface area contributed by atoms with E-state index in [1.807, 2.05) is 46.7 Å². The van der Waals surface area contributed by atoms with Crippen LogP contribution in [-0.2, 0) is 38.0 Å². The molecule has 3 fully saturated rings. The van der Waals surface area contributed by atoms with Gasteiger partial charge in [-0.15, -0.1) is 0 Å². The molecule has 3 unspecified atom stereocenters. The number of aliphatic hydroxyl groups excluding tert-OH is 3. The van der Waals surface area contributed by atoms with E-state index in [-0.39, 0.29) is 37.1 Å². The first-order valence-corrected chi connectivity index (χ1v) is 19.1. The van der Waals surface area contributed by atoms with Crippen LogP contribution < -0.4 is 0 Å². The van der Waals surface area contributed by atoms with Gasteiger partial charge >= 0.3 is 5.97 Å². The van der Waals surface area contributed by atoms with Crippen LogP contribution in [0.4, 0.5) is 0 Å². The molecule has 5 N–H and O–H groups in total. The summed E-state index contributed by atoms with van der Waals surface area (Å²) in [4.78, 5) is 16.2. The predicted octanol–water partition coefficient (Wildman–Crippen LogP) is 2.70. The number of carbonyl (C=O) groups is 1. The number of rotatable bonds is 8. The van der Waals surface area contributed by atoms with Gasteiger partial charge in [0, 0.05) is 44.4 Å². The lowest BCUT2D eigenvalue weighted by atomic mass is 9.73. The number of ether oxygens (including phenoxy) is 7. The van der Waals surface area contributed by atoms with Crippen molar-refractivity contribution in [2.45, 2.75) is 179 Å². The Morgan fingerprint density at radius 1 is 0.887 bits per heavy atom. The molecule has 310 valence electrons. The molecule has 15 heteroatoms. The maximum Gasteiger partial charge on any atom is 0.311 e. The standard InChI is InChI=1S/C38H70N2O13/c1-15-26-38(10,45)31(42)21(4)28(39-46)19(2)17-37(9,48-14)33(53-35-29(41)25(40(11)12)16-20(3)49-35)22(5)30(23(6)34(44)51-26)52-27-18-36(8,47-13)32(43)24(7)50-27/h19-27,29-33,35,41-43,45-46H,15-18H2,1-14H3/b39-28-/t19-,20?,21+,22+,23-,24?,25-,26-,27+,29?,30+,31-,32+,33-,35+,36+,37-,38-/m1/s1. The molecule has 0 bridgehead atoms. The first-order valence-electron chi connectivity index (χ1n) is 19.1. The Hall–Kier alpha value is -1.50. The zero-order chi connectivity index (χ0) is 40.4. The van der Waals surface area contributed by atoms with Crippen LogP contribution in [0.3, 0.4) is 0 Å². The molecule has 0 aromatic carbocycles. The van der Waals surface area contributed by atoms with Gasteiger partial charge < -0.3 is 63.7 Å². The maximum atomic E-state index is 14.2. The average Bonchev–Trinajstić information content (AvgIpc) is 3.10. The van der Waals surface area contributed by atoms with E-state index in [0.29, 0.717) is 6.42 Å². The fourth-order valence-electron chi connectivity index (χ4n) is 8.78. The van der Waals surface area contributed by atoms with Gasteiger partial charge in [-0.05, 0) is 74.9 Å². The number of cyclic esters (lactones) is 1. The SMILES string of the molecule is CC[C@H]1OC(=O)[C@H](C)[C@@H](O[C@H]2C[C@](C)(OC)[C@@H](O)C(C)O2)[C@H](C)[C@@H](O[C@@H]2OC(C)C[C@@H](N(C)C)C2O)[C@](C)(OC)C[C@@H](C)/C(=N/O)[C@H](C)[C@@H](O)[C@]1(C)O. The van der Waals surface area contributed by atoms with E-state index in [4.69, 9.17) is 33.2 Å². The fourth-order valence-corrected chi connectivity index (χ4v) is 8.78. The van der Waals surface area contributed by atoms with Crippen LogP contribution in [0.2, 0.25) is 0 Å². The van der Waals surface area contributed by atoms with E-state index < -0.39 is 102 Å². The third-order valence-electron chi connectivity index (χ3n) is 12.4. The van der Waals surface area contributed by atoms with Crippen molar-refractivity contribution < 1.29 is 63.6 Å². The number of oxime groups is 1. The number of hydrogen-bond donors (Lipinski definition) is 5. The summed E-state index contributed by atoms with van der Waals surface area (Å²) in [5.74, 6) is -3.82. The smallest absolute Gasteiger partial charge is 0.311 e. The summed E-state index contributed by atoms with van der Waals surface area (Å²) in [6, 6.07) is -0.282. The molecule has 3 aliphatic rings. The largest absolute Gasteiger partial charge is 0.459 e. The first kappa shape index (κ1) is 45.9. The summed E-state index contributed by atoms with van der Waals surface area (Å²) in [6.45, 7) is 17.3. The Kier molecular flexibility index (Phi) is 15.7. The van der Waals surface area contributed by atoms with Crippen molar-refractivity contribution in [3.8, 4) is 0 Å². The quantitative estimate of drug-likeness (QED) is 0.137. The van der Waals surface area contributed by atoms with Crippen molar-refractivity contribution in [2.24, 2.45) is 28.8 Å². The molecular formula is C38H70N2O13. The highest BCUT2D eigenvalue weighted by molar-refractivity contribution is 5.88. The highest BCUT2D eigenvalue weighted by atomic mass is 16.7. The van der Waals surface area contributed by atoms with Gasteiger partial charge in [0.05, 0.1) is 53.4 Å². The summed E-state index contributed by atoms with van der Waals surface area (Å²) in [5, 5.41) is 59.8. The Balaban J connectivity index is 2.25. The van der Waals surface area contributed by atoms with E-state index in [1.54, 1.807) is 34.6 Å². The van der Waals surface area contributed by atoms with Crippen LogP contribution in [0.5, 0.6) is 0 Å². The van der Waals surface area contributed by atoms with Crippen molar-refractivity contribution >= 4 is 11.7 Å². The Bertz CT molecular complexity index is 1220. The molecule has 3 heterocycles. The monoisotopic (exact) mass is 762 g/mol. The van der Waals surface area contributed by atoms with Gasteiger partial charge in [-0.25, -0.2) is 0 Å². The minimum Gasteiger partial charge on any atom is -0.459 e. The molecule has 3 aliphatic heterocycles. The van der Waals surface area contributed by atoms with Gasteiger partial charge in [-0.2, -0.15) is 0 Å². The van der Waals surface area contributed by atoms with Crippen LogP contribution >= 0.6 is 0 Å². The lowest BCUT2D eigenvalue weighted by Crippen LogP contribution is -2.61. The van der Waals surface area contributed by atoms with Gasteiger partial charge in [-0.3, -0.25) is 4.79 Å². The number of nitrogens with zero attached hydrogens (tertiary/aromatic N) is 2. The second-order valence-electron chi connectivity index (χ2n) is 16.8. The van der Waals surface area contributed by atoms with Crippen LogP contribution in [-0.4, -0.2) is 155 Å². The Morgan fingerprint density at radius 3 is 2.02 bits per heavy atom. The highest BCUT2D eigenvalue weighted by Gasteiger charge is 2.54. The number of carbonyl (C=O) groups excluding carboxylic acids is 1. The minimum absolute atomic E-state index is 0.128. The van der Waals surface area contributed by atoms with E-state index in [2.05, 4.69) is 5.16 Å². The molecule has 0 amide bonds. The number of methoxy groups -OCH3 is 2. The number of aliphatic hydroxyl groups is 4. The molecule has 3 saturated heterocycles. The average molecular weight is 763 g/mol. The molecular weight excluding hydrogens is 692 g/mol. The number of hydrogen-bond acceptors (Lipinski definition) is 15. The molecule has 0 aromatic rings. The van der Waals surface area contributed by atoms with E-state index in [1.165, 1.54) is 21.1 Å². The molecule has 0 saturated carbocycles. The summed E-state index contributed by atoms with van der Waals surface area (Å²) >= 11 is 0. The van der Waals surface area contributed by atoms with Crippen molar-refractivity contribution in [1.29, 1.82) is 0 Å². The molecule has 53 heavy (non-hydrogen) atoms. The first-order chi connectivity index (χ1) is 24.5. The second kappa shape index (κ2) is 18.2. The third-order valence-corrected chi connectivity index (χ3v) is 12.4. The minimum atomic E-state index is -1.94. The molecule has 0 radical (unpaired) electrons. The fraction of sp³-hybridized carbons (Fsp3) is 0.947. The van der Waals surface area contributed by atoms with Gasteiger partial charge in [0.1, 0.15) is 23.9 Å².